The van der Waals surface area contributed by atoms with Crippen molar-refractivity contribution in [2.45, 2.75) is 27.4 Å². The van der Waals surface area contributed by atoms with E-state index in [0.717, 1.165) is 29.3 Å². The van der Waals surface area contributed by atoms with Crippen LogP contribution in [0, 0.1) is 5.41 Å². The van der Waals surface area contributed by atoms with E-state index in [9.17, 15) is 0 Å². The monoisotopic (exact) mass is 347 g/mol. The summed E-state index contributed by atoms with van der Waals surface area (Å²) in [6.07, 6.45) is 16.4. The Labute approximate surface area is 158 Å². The van der Waals surface area contributed by atoms with Crippen LogP contribution in [0.15, 0.2) is 97.4 Å². The van der Waals surface area contributed by atoms with Gasteiger partial charge in [0.1, 0.15) is 0 Å². The van der Waals surface area contributed by atoms with Gasteiger partial charge in [-0.25, -0.2) is 0 Å². The Morgan fingerprint density at radius 2 is 1.88 bits per heavy atom. The van der Waals surface area contributed by atoms with Crippen molar-refractivity contribution in [3.63, 3.8) is 0 Å². The number of rotatable bonds is 8. The van der Waals surface area contributed by atoms with Gasteiger partial charge in [0.25, 0.3) is 0 Å². The number of hydrogen-bond donors (Lipinski definition) is 0. The summed E-state index contributed by atoms with van der Waals surface area (Å²) in [7, 11) is 0. The van der Waals surface area contributed by atoms with Gasteiger partial charge >= 0.3 is 0 Å². The van der Waals surface area contributed by atoms with Crippen LogP contribution in [-0.4, -0.2) is 6.61 Å². The zero-order valence-corrected chi connectivity index (χ0v) is 16.1. The van der Waals surface area contributed by atoms with Gasteiger partial charge in [-0.3, -0.25) is 0 Å². The fourth-order valence-corrected chi connectivity index (χ4v) is 2.72. The summed E-state index contributed by atoms with van der Waals surface area (Å²) in [6, 6.07) is 8.44. The Hall–Kier alpha value is -2.58. The molecule has 0 amide bonds. The van der Waals surface area contributed by atoms with Crippen LogP contribution < -0.4 is 4.90 Å². The van der Waals surface area contributed by atoms with Gasteiger partial charge in [0.15, 0.2) is 0 Å². The molecule has 0 N–H and O–H groups in total. The standard InChI is InChI=1S/C24H29NO/c1-6-10-21(7-2)25(22-11-9-17-24(4,5)18-16-22)23-14-12-20(13-15-23)19-26-8-3/h6-7,9-18H,1-2,8,19H2,3-5H3/b21-10+. The third kappa shape index (κ3) is 5.21. The third-order valence-corrected chi connectivity index (χ3v) is 4.16. The average Bonchev–Trinajstić information content (AvgIpc) is 2.81. The number of benzene rings is 1. The number of anilines is 1. The van der Waals surface area contributed by atoms with E-state index < -0.39 is 0 Å². The number of hydrogen-bond acceptors (Lipinski definition) is 2. The topological polar surface area (TPSA) is 12.5 Å². The van der Waals surface area contributed by atoms with Gasteiger partial charge in [0, 0.05) is 29.1 Å². The Kier molecular flexibility index (Phi) is 6.99. The average molecular weight is 348 g/mol. The zero-order valence-electron chi connectivity index (χ0n) is 16.1. The van der Waals surface area contributed by atoms with E-state index in [1.165, 1.54) is 0 Å². The second-order valence-electron chi connectivity index (χ2n) is 6.78. The molecule has 0 unspecified atom stereocenters. The van der Waals surface area contributed by atoms with Crippen molar-refractivity contribution in [2.24, 2.45) is 5.41 Å². The second-order valence-corrected chi connectivity index (χ2v) is 6.78. The lowest BCUT2D eigenvalue weighted by atomic mass is 9.93. The highest BCUT2D eigenvalue weighted by atomic mass is 16.5. The molecule has 2 rings (SSSR count). The Balaban J connectivity index is 2.44. The van der Waals surface area contributed by atoms with Crippen molar-refractivity contribution in [3.05, 3.63) is 103 Å². The minimum absolute atomic E-state index is 0.0295. The highest BCUT2D eigenvalue weighted by molar-refractivity contribution is 5.64. The van der Waals surface area contributed by atoms with Crippen LogP contribution in [-0.2, 0) is 11.3 Å². The lowest BCUT2D eigenvalue weighted by Crippen LogP contribution is -2.20. The zero-order chi connectivity index (χ0) is 19.0. The fourth-order valence-electron chi connectivity index (χ4n) is 2.72. The Morgan fingerprint density at radius 1 is 1.15 bits per heavy atom. The molecule has 1 aliphatic rings. The molecular weight excluding hydrogens is 318 g/mol. The van der Waals surface area contributed by atoms with E-state index in [2.05, 4.69) is 86.6 Å². The molecule has 0 atom stereocenters. The van der Waals surface area contributed by atoms with Crippen molar-refractivity contribution in [2.75, 3.05) is 11.5 Å². The molecule has 1 aromatic carbocycles. The summed E-state index contributed by atoms with van der Waals surface area (Å²) >= 11 is 0. The predicted molar refractivity (Wildman–Crippen MR) is 113 cm³/mol. The van der Waals surface area contributed by atoms with E-state index in [-0.39, 0.29) is 5.41 Å². The molecule has 0 aliphatic heterocycles. The largest absolute Gasteiger partial charge is 0.377 e. The lowest BCUT2D eigenvalue weighted by Gasteiger charge is -2.27. The molecule has 2 nitrogen and oxygen atoms in total. The molecule has 0 spiro atoms. The quantitative estimate of drug-likeness (QED) is 0.510. The molecule has 0 saturated carbocycles. The maximum atomic E-state index is 5.50. The van der Waals surface area contributed by atoms with E-state index in [0.29, 0.717) is 6.61 Å². The van der Waals surface area contributed by atoms with Gasteiger partial charge in [-0.05, 0) is 48.9 Å². The van der Waals surface area contributed by atoms with Crippen LogP contribution in [0.25, 0.3) is 0 Å². The molecule has 0 aromatic heterocycles. The highest BCUT2D eigenvalue weighted by Crippen LogP contribution is 2.30. The molecule has 0 heterocycles. The first-order valence-electron chi connectivity index (χ1n) is 9.01. The van der Waals surface area contributed by atoms with E-state index in [4.69, 9.17) is 4.74 Å². The molecule has 136 valence electrons. The summed E-state index contributed by atoms with van der Waals surface area (Å²) < 4.78 is 5.50. The smallest absolute Gasteiger partial charge is 0.0716 e. The molecular formula is C24H29NO. The van der Waals surface area contributed by atoms with Gasteiger partial charge in [-0.15, -0.1) is 0 Å². The normalized spacial score (nSPS) is 16.0. The van der Waals surface area contributed by atoms with E-state index in [1.54, 1.807) is 6.08 Å². The predicted octanol–water partition coefficient (Wildman–Crippen LogP) is 6.32. The number of allylic oxidation sites excluding steroid dienone is 8. The molecule has 0 fully saturated rings. The molecule has 1 aliphatic carbocycles. The molecule has 2 heteroatoms. The van der Waals surface area contributed by atoms with Crippen molar-refractivity contribution in [1.82, 2.24) is 0 Å². The maximum Gasteiger partial charge on any atom is 0.0716 e. The summed E-state index contributed by atoms with van der Waals surface area (Å²) in [5.74, 6) is 0. The van der Waals surface area contributed by atoms with Crippen LogP contribution in [0.2, 0.25) is 0 Å². The third-order valence-electron chi connectivity index (χ3n) is 4.16. The lowest BCUT2D eigenvalue weighted by molar-refractivity contribution is 0.134. The molecule has 0 bridgehead atoms. The molecule has 0 saturated heterocycles. The highest BCUT2D eigenvalue weighted by Gasteiger charge is 2.17. The van der Waals surface area contributed by atoms with E-state index >= 15 is 0 Å². The van der Waals surface area contributed by atoms with Gasteiger partial charge in [0.05, 0.1) is 6.61 Å². The first kappa shape index (κ1) is 19.7. The minimum Gasteiger partial charge on any atom is -0.377 e. The Bertz CT molecular complexity index is 745. The van der Waals surface area contributed by atoms with Crippen molar-refractivity contribution in [3.8, 4) is 0 Å². The number of nitrogens with zero attached hydrogens (tertiary/aromatic N) is 1. The molecule has 1 aromatic rings. The first-order valence-corrected chi connectivity index (χ1v) is 9.01. The summed E-state index contributed by atoms with van der Waals surface area (Å²) in [5, 5.41) is 0. The van der Waals surface area contributed by atoms with Gasteiger partial charge in [-0.2, -0.15) is 0 Å². The second kappa shape index (κ2) is 9.21. The van der Waals surface area contributed by atoms with Crippen molar-refractivity contribution in [1.29, 1.82) is 0 Å². The van der Waals surface area contributed by atoms with Crippen LogP contribution >= 0.6 is 0 Å². The van der Waals surface area contributed by atoms with Crippen molar-refractivity contribution < 1.29 is 4.74 Å². The maximum absolute atomic E-state index is 5.50. The van der Waals surface area contributed by atoms with Gasteiger partial charge in [0.2, 0.25) is 0 Å². The van der Waals surface area contributed by atoms with Crippen LogP contribution in [0.4, 0.5) is 5.69 Å². The van der Waals surface area contributed by atoms with Gasteiger partial charge < -0.3 is 9.64 Å². The summed E-state index contributed by atoms with van der Waals surface area (Å²) in [4.78, 5) is 2.18. The van der Waals surface area contributed by atoms with Crippen LogP contribution in [0.3, 0.4) is 0 Å². The fraction of sp³-hybridized carbons (Fsp3) is 0.250. The number of ether oxygens (including phenoxy) is 1. The molecule has 26 heavy (non-hydrogen) atoms. The minimum atomic E-state index is 0.0295. The first-order chi connectivity index (χ1) is 12.5. The Morgan fingerprint density at radius 3 is 2.50 bits per heavy atom. The van der Waals surface area contributed by atoms with E-state index in [1.807, 2.05) is 19.1 Å². The van der Waals surface area contributed by atoms with Crippen LogP contribution in [0.5, 0.6) is 0 Å². The van der Waals surface area contributed by atoms with Crippen LogP contribution in [0.1, 0.15) is 26.3 Å². The van der Waals surface area contributed by atoms with Crippen molar-refractivity contribution >= 4 is 5.69 Å². The summed E-state index contributed by atoms with van der Waals surface area (Å²) in [5.41, 5.74) is 4.32. The van der Waals surface area contributed by atoms with Gasteiger partial charge in [-0.1, -0.05) is 63.4 Å². The summed E-state index contributed by atoms with van der Waals surface area (Å²) in [6.45, 7) is 15.6. The SMILES string of the molecule is C=C/C=C(\C=C)N(C1=CC=CC(C)(C)C=C1)c1ccc(COCC)cc1. The molecule has 0 radical (unpaired) electrons.